The van der Waals surface area contributed by atoms with Crippen LogP contribution in [0.15, 0.2) is 48.5 Å². The zero-order chi connectivity index (χ0) is 45.3. The molecule has 7 rings (SSSR count). The van der Waals surface area contributed by atoms with Crippen LogP contribution in [0, 0.1) is 0 Å². The van der Waals surface area contributed by atoms with Crippen LogP contribution in [0.5, 0.6) is 0 Å². The fourth-order valence-corrected chi connectivity index (χ4v) is 8.71. The van der Waals surface area contributed by atoms with Crippen molar-refractivity contribution in [3.63, 3.8) is 0 Å². The van der Waals surface area contributed by atoms with Gasteiger partial charge < -0.3 is 52.3 Å². The van der Waals surface area contributed by atoms with Crippen molar-refractivity contribution < 1.29 is 38.4 Å². The molecule has 360 valence electrons. The summed E-state index contributed by atoms with van der Waals surface area (Å²) in [6.07, 6.45) is 5.17. The number of hydrogen-bond acceptors (Lipinski definition) is 10. The number of aryl methyl sites for hydroxylation is 2. The summed E-state index contributed by atoms with van der Waals surface area (Å²) in [5.41, 5.74) is 15.3. The van der Waals surface area contributed by atoms with E-state index < -0.39 is 36.0 Å². The molecule has 4 atom stereocenters. The monoisotopic (exact) mass is 954 g/mol. The number of hydrogen-bond donors (Lipinski definition) is 6. The molecule has 2 aliphatic carbocycles. The maximum absolute atomic E-state index is 13.5. The smallest absolute Gasteiger partial charge is 0.243 e. The first-order valence-electron chi connectivity index (χ1n) is 22.8. The highest BCUT2D eigenvalue weighted by Gasteiger charge is 2.43. The van der Waals surface area contributed by atoms with E-state index in [2.05, 4.69) is 21.3 Å². The Morgan fingerprint density at radius 3 is 1.20 bits per heavy atom. The average molecular weight is 956 g/mol. The van der Waals surface area contributed by atoms with Gasteiger partial charge in [-0.2, -0.15) is 0 Å². The number of nitrogens with one attached hydrogen (secondary N) is 4. The number of rotatable bonds is 18. The van der Waals surface area contributed by atoms with Crippen molar-refractivity contribution in [3.8, 4) is 0 Å². The van der Waals surface area contributed by atoms with Crippen molar-refractivity contribution in [2.45, 2.75) is 126 Å². The lowest BCUT2D eigenvalue weighted by Crippen LogP contribution is -2.50. The summed E-state index contributed by atoms with van der Waals surface area (Å²) in [5.74, 6) is -2.51. The lowest BCUT2D eigenvalue weighted by Gasteiger charge is -2.30. The van der Waals surface area contributed by atoms with Crippen LogP contribution in [0.4, 0.5) is 0 Å². The quantitative estimate of drug-likeness (QED) is 0.118. The molecule has 3 aliphatic heterocycles. The van der Waals surface area contributed by atoms with Gasteiger partial charge in [0.25, 0.3) is 0 Å². The van der Waals surface area contributed by atoms with E-state index in [4.69, 9.17) is 11.5 Å². The highest BCUT2D eigenvalue weighted by Crippen LogP contribution is 2.26. The molecule has 2 saturated carbocycles. The van der Waals surface area contributed by atoms with Gasteiger partial charge in [-0.3, -0.25) is 38.4 Å². The standard InChI is InChI=1S/C46H62N10O8.2ClH/c47-23-31-5-1-29(2-6-31)9-15-43(61)55-25-35(21-37(55)45(63)51-33-11-12-33)49-39(57)27-53-19-17-42(60)54(20-18-41(53)59)28-40(58)50-36-22-38(46(64)52-34-13-14-34)56(26-36)44(62)16-10-30-3-7-32(24-48)8-4-30;;/h1-8,33-38H,9-28,47-48H2,(H,49,57)(H,50,58)(H,51,63)(H,52,64);2*1H. The highest BCUT2D eigenvalue weighted by molar-refractivity contribution is 5.92. The normalized spacial score (nSPS) is 21.8. The van der Waals surface area contributed by atoms with Crippen LogP contribution in [0.2, 0.25) is 0 Å². The van der Waals surface area contributed by atoms with Gasteiger partial charge in [-0.15, -0.1) is 24.8 Å². The topological polar surface area (TPSA) is 250 Å². The maximum atomic E-state index is 13.5. The van der Waals surface area contributed by atoms with E-state index >= 15 is 0 Å². The zero-order valence-corrected chi connectivity index (χ0v) is 38.9. The Bertz CT molecular complexity index is 1920. The van der Waals surface area contributed by atoms with Gasteiger partial charge in [-0.25, -0.2) is 0 Å². The van der Waals surface area contributed by atoms with Gasteiger partial charge in [0.15, 0.2) is 0 Å². The third kappa shape index (κ3) is 14.3. The third-order valence-electron chi connectivity index (χ3n) is 12.8. The maximum Gasteiger partial charge on any atom is 0.243 e. The number of carbonyl (C=O) groups is 8. The lowest BCUT2D eigenvalue weighted by atomic mass is 10.1. The van der Waals surface area contributed by atoms with Crippen LogP contribution in [0.3, 0.4) is 0 Å². The van der Waals surface area contributed by atoms with Gasteiger partial charge in [0, 0.05) is 89.1 Å². The zero-order valence-electron chi connectivity index (χ0n) is 37.3. The molecular weight excluding hydrogens is 891 g/mol. The molecule has 2 aromatic rings. The number of amides is 8. The second kappa shape index (κ2) is 23.9. The van der Waals surface area contributed by atoms with Crippen molar-refractivity contribution in [2.24, 2.45) is 11.5 Å². The molecule has 2 aromatic carbocycles. The summed E-state index contributed by atoms with van der Waals surface area (Å²) in [5, 5.41) is 11.8. The van der Waals surface area contributed by atoms with E-state index in [-0.39, 0.29) is 150 Å². The van der Waals surface area contributed by atoms with Crippen LogP contribution in [0.1, 0.15) is 86.5 Å². The predicted octanol–water partition coefficient (Wildman–Crippen LogP) is 0.193. The van der Waals surface area contributed by atoms with E-state index in [1.165, 1.54) is 9.80 Å². The molecule has 5 fully saturated rings. The summed E-state index contributed by atoms with van der Waals surface area (Å²) < 4.78 is 0. The van der Waals surface area contributed by atoms with Crippen LogP contribution < -0.4 is 32.7 Å². The van der Waals surface area contributed by atoms with Crippen molar-refractivity contribution in [1.82, 2.24) is 40.9 Å². The first-order valence-corrected chi connectivity index (χ1v) is 22.8. The van der Waals surface area contributed by atoms with Crippen LogP contribution in [0.25, 0.3) is 0 Å². The van der Waals surface area contributed by atoms with Crippen molar-refractivity contribution in [2.75, 3.05) is 39.3 Å². The van der Waals surface area contributed by atoms with E-state index in [0.29, 0.717) is 25.9 Å². The molecule has 66 heavy (non-hydrogen) atoms. The number of likely N-dealkylation sites (tertiary alicyclic amines) is 2. The molecule has 3 saturated heterocycles. The Balaban J connectivity index is 0.00000408. The molecule has 8 N–H and O–H groups in total. The number of nitrogens with zero attached hydrogens (tertiary/aromatic N) is 4. The Hall–Kier alpha value is -5.30. The predicted molar refractivity (Wildman–Crippen MR) is 249 cm³/mol. The summed E-state index contributed by atoms with van der Waals surface area (Å²) in [4.78, 5) is 113. The summed E-state index contributed by atoms with van der Waals surface area (Å²) >= 11 is 0. The molecule has 20 heteroatoms. The summed E-state index contributed by atoms with van der Waals surface area (Å²) in [6.45, 7) is 0.467. The molecule has 5 aliphatic rings. The van der Waals surface area contributed by atoms with Crippen molar-refractivity contribution in [3.05, 3.63) is 70.8 Å². The Labute approximate surface area is 397 Å². The molecule has 18 nitrogen and oxygen atoms in total. The van der Waals surface area contributed by atoms with Gasteiger partial charge in [0.1, 0.15) is 12.1 Å². The van der Waals surface area contributed by atoms with Gasteiger partial charge in [-0.05, 0) is 73.6 Å². The van der Waals surface area contributed by atoms with Gasteiger partial charge in [0.05, 0.1) is 13.1 Å². The third-order valence-corrected chi connectivity index (χ3v) is 12.8. The van der Waals surface area contributed by atoms with Crippen molar-refractivity contribution >= 4 is 72.1 Å². The molecular formula is C46H64Cl2N10O8. The first-order chi connectivity index (χ1) is 30.8. The van der Waals surface area contributed by atoms with E-state index in [9.17, 15) is 38.4 Å². The number of nitrogens with two attached hydrogens (primary N) is 2. The number of halogens is 2. The largest absolute Gasteiger partial charge is 0.352 e. The van der Waals surface area contributed by atoms with E-state index in [1.54, 1.807) is 9.80 Å². The fraction of sp³-hybridized carbons (Fsp3) is 0.565. The van der Waals surface area contributed by atoms with Gasteiger partial charge in [-0.1, -0.05) is 48.5 Å². The molecule has 0 aromatic heterocycles. The van der Waals surface area contributed by atoms with Gasteiger partial charge >= 0.3 is 0 Å². The highest BCUT2D eigenvalue weighted by atomic mass is 35.5. The number of benzene rings is 2. The summed E-state index contributed by atoms with van der Waals surface area (Å²) in [7, 11) is 0. The molecule has 0 spiro atoms. The lowest BCUT2D eigenvalue weighted by molar-refractivity contribution is -0.143. The van der Waals surface area contributed by atoms with Crippen molar-refractivity contribution in [1.29, 1.82) is 0 Å². The minimum atomic E-state index is -0.735. The second-order valence-electron chi connectivity index (χ2n) is 17.9. The van der Waals surface area contributed by atoms with Gasteiger partial charge in [0.2, 0.25) is 47.3 Å². The Kier molecular flexibility index (Phi) is 18.7. The average Bonchev–Trinajstić information content (AvgIpc) is 4.21. The molecule has 0 bridgehead atoms. The van der Waals surface area contributed by atoms with E-state index in [1.807, 2.05) is 48.5 Å². The fourth-order valence-electron chi connectivity index (χ4n) is 8.71. The van der Waals surface area contributed by atoms with E-state index in [0.717, 1.165) is 47.9 Å². The molecule has 3 heterocycles. The Morgan fingerprint density at radius 2 is 0.864 bits per heavy atom. The summed E-state index contributed by atoms with van der Waals surface area (Å²) in [6, 6.07) is 13.1. The molecule has 4 unspecified atom stereocenters. The molecule has 8 amide bonds. The first kappa shape index (κ1) is 51.7. The van der Waals surface area contributed by atoms with Crippen LogP contribution in [-0.4, -0.2) is 142 Å². The van der Waals surface area contributed by atoms with Crippen LogP contribution >= 0.6 is 24.8 Å². The van der Waals surface area contributed by atoms with Crippen LogP contribution in [-0.2, 0) is 64.3 Å². The second-order valence-corrected chi connectivity index (χ2v) is 17.9. The minimum absolute atomic E-state index is 0. The number of carbonyl (C=O) groups excluding carboxylic acids is 8. The minimum Gasteiger partial charge on any atom is -0.352 e. The Morgan fingerprint density at radius 1 is 0.515 bits per heavy atom. The molecule has 0 radical (unpaired) electrons. The SMILES string of the molecule is Cl.Cl.NCc1ccc(CCC(=O)N2CC(NC(=O)CN3CCC(=O)N(CC(=O)NC4CC(C(=O)NC5CC5)N(C(=O)CCc5ccc(CN)cc5)C4)CCC3=O)CC2C(=O)NC2CC2)cc1.